The zero-order chi connectivity index (χ0) is 39.4. The zero-order valence-electron chi connectivity index (χ0n) is 35.1. The van der Waals surface area contributed by atoms with Crippen molar-refractivity contribution in [3.8, 4) is 22.3 Å². The van der Waals surface area contributed by atoms with Crippen LogP contribution in [-0.4, -0.2) is 12.4 Å². The Bertz CT molecular complexity index is 2840. The van der Waals surface area contributed by atoms with Gasteiger partial charge in [0.05, 0.1) is 5.54 Å². The molecule has 1 aromatic heterocycles. The summed E-state index contributed by atoms with van der Waals surface area (Å²) in [5, 5.41) is 2.32. The van der Waals surface area contributed by atoms with Crippen LogP contribution in [0, 0.1) is 6.92 Å². The van der Waals surface area contributed by atoms with Crippen molar-refractivity contribution in [2.75, 3.05) is 9.71 Å². The van der Waals surface area contributed by atoms with Crippen molar-refractivity contribution in [1.82, 2.24) is 0 Å². The first-order valence-electron chi connectivity index (χ1n) is 21.3. The molecule has 3 aliphatic heterocycles. The van der Waals surface area contributed by atoms with Crippen LogP contribution in [-0.2, 0) is 16.2 Å². The maximum Gasteiger partial charge on any atom is 0.333 e. The number of furan rings is 1. The molecule has 284 valence electrons. The summed E-state index contributed by atoms with van der Waals surface area (Å²) in [5.74, 6) is 0. The van der Waals surface area contributed by atoms with E-state index in [1.165, 1.54) is 98.3 Å². The smallest absolute Gasteiger partial charge is 0.333 e. The zero-order valence-corrected chi connectivity index (χ0v) is 35.1. The first-order chi connectivity index (χ1) is 27.2. The molecule has 3 nitrogen and oxygen atoms in total. The summed E-state index contributed by atoms with van der Waals surface area (Å²) in [6.07, 6.45) is 4.92. The van der Waals surface area contributed by atoms with Crippen LogP contribution >= 0.6 is 0 Å². The third kappa shape index (κ3) is 4.68. The van der Waals surface area contributed by atoms with Crippen LogP contribution in [0.5, 0.6) is 0 Å². The molecule has 1 aliphatic carbocycles. The van der Waals surface area contributed by atoms with E-state index in [0.29, 0.717) is 0 Å². The van der Waals surface area contributed by atoms with Gasteiger partial charge in [-0.2, -0.15) is 0 Å². The average molecular weight is 745 g/mol. The van der Waals surface area contributed by atoms with Gasteiger partial charge in [-0.05, 0) is 118 Å². The highest BCUT2D eigenvalue weighted by atomic mass is 16.3. The number of benzene rings is 6. The first kappa shape index (κ1) is 35.0. The summed E-state index contributed by atoms with van der Waals surface area (Å²) in [7, 11) is 0. The van der Waals surface area contributed by atoms with Crippen molar-refractivity contribution >= 4 is 62.5 Å². The van der Waals surface area contributed by atoms with Crippen LogP contribution in [0.2, 0.25) is 0 Å². The largest absolute Gasteiger partial charge is 0.456 e. The van der Waals surface area contributed by atoms with Crippen molar-refractivity contribution in [3.63, 3.8) is 0 Å². The quantitative estimate of drug-likeness (QED) is 0.164. The van der Waals surface area contributed by atoms with Gasteiger partial charge in [0.2, 0.25) is 0 Å². The van der Waals surface area contributed by atoms with E-state index in [4.69, 9.17) is 4.42 Å². The maximum absolute atomic E-state index is 6.68. The second-order valence-electron chi connectivity index (χ2n) is 20.2. The van der Waals surface area contributed by atoms with Crippen LogP contribution in [0.4, 0.5) is 22.7 Å². The Hall–Kier alpha value is -5.22. The molecular weight excluding hydrogens is 691 g/mol. The number of aryl methyl sites for hydroxylation is 1. The molecule has 0 amide bonds. The monoisotopic (exact) mass is 744 g/mol. The Morgan fingerprint density at radius 3 is 2.12 bits per heavy atom. The van der Waals surface area contributed by atoms with E-state index >= 15 is 0 Å². The highest BCUT2D eigenvalue weighted by Crippen LogP contribution is 2.63. The average Bonchev–Trinajstić information content (AvgIpc) is 3.64. The second kappa shape index (κ2) is 11.5. The highest BCUT2D eigenvalue weighted by molar-refractivity contribution is 6.93. The van der Waals surface area contributed by atoms with Crippen molar-refractivity contribution in [2.24, 2.45) is 0 Å². The molecule has 1 fully saturated rings. The molecule has 2 atom stereocenters. The van der Waals surface area contributed by atoms with E-state index in [1.54, 1.807) is 5.56 Å². The molecule has 2 unspecified atom stereocenters. The molecule has 1 saturated carbocycles. The van der Waals surface area contributed by atoms with Crippen LogP contribution in [0.1, 0.15) is 103 Å². The summed E-state index contributed by atoms with van der Waals surface area (Å²) >= 11 is 0. The highest BCUT2D eigenvalue weighted by Gasteiger charge is 2.62. The Balaban J connectivity index is 1.32. The minimum absolute atomic E-state index is 0.00454. The van der Waals surface area contributed by atoms with E-state index in [2.05, 4.69) is 181 Å². The summed E-state index contributed by atoms with van der Waals surface area (Å²) in [5.41, 5.74) is 20.7. The molecular formula is C53H53BN2O. The molecule has 0 bridgehead atoms. The molecule has 4 heteroatoms. The minimum atomic E-state index is -0.0404. The maximum atomic E-state index is 6.68. The van der Waals surface area contributed by atoms with Crippen molar-refractivity contribution in [2.45, 2.75) is 110 Å². The summed E-state index contributed by atoms with van der Waals surface area (Å²) in [4.78, 5) is 5.60. The SMILES string of the molecule is Cc1cc2c3c(c1)N1c4c(cc(C(C)(C)C)cc4C4(C)CCCCC14C)B3N(c1ccc(C(C)(C)C)cc1-c1ccccc1)c1cc3c(cc1-2)oc1ccccc13. The van der Waals surface area contributed by atoms with Crippen molar-refractivity contribution in [3.05, 3.63) is 131 Å². The van der Waals surface area contributed by atoms with E-state index in [1.807, 2.05) is 0 Å². The van der Waals surface area contributed by atoms with Gasteiger partial charge in [0.25, 0.3) is 0 Å². The van der Waals surface area contributed by atoms with E-state index in [0.717, 1.165) is 21.9 Å². The van der Waals surface area contributed by atoms with E-state index in [9.17, 15) is 0 Å². The predicted octanol–water partition coefficient (Wildman–Crippen LogP) is 13.1. The van der Waals surface area contributed by atoms with E-state index in [-0.39, 0.29) is 28.6 Å². The number of anilines is 4. The van der Waals surface area contributed by atoms with Gasteiger partial charge in [-0.1, -0.05) is 134 Å². The number of fused-ring (bicyclic) bond motifs is 10. The molecule has 6 aromatic carbocycles. The van der Waals surface area contributed by atoms with Gasteiger partial charge in [0.1, 0.15) is 11.2 Å². The normalized spacial score (nSPS) is 20.8. The van der Waals surface area contributed by atoms with Crippen LogP contribution < -0.4 is 20.6 Å². The molecule has 0 saturated heterocycles. The molecule has 0 spiro atoms. The molecule has 0 N–H and O–H groups in total. The third-order valence-electron chi connectivity index (χ3n) is 14.7. The molecule has 4 aliphatic rings. The Labute approximate surface area is 338 Å². The lowest BCUT2D eigenvalue weighted by molar-refractivity contribution is 0.195. The third-order valence-corrected chi connectivity index (χ3v) is 14.7. The molecule has 4 heterocycles. The van der Waals surface area contributed by atoms with Crippen molar-refractivity contribution in [1.29, 1.82) is 0 Å². The van der Waals surface area contributed by atoms with Crippen LogP contribution in [0.15, 0.2) is 114 Å². The van der Waals surface area contributed by atoms with Crippen LogP contribution in [0.3, 0.4) is 0 Å². The fourth-order valence-electron chi connectivity index (χ4n) is 11.4. The topological polar surface area (TPSA) is 19.6 Å². The van der Waals surface area contributed by atoms with Gasteiger partial charge in [0.15, 0.2) is 0 Å². The summed E-state index contributed by atoms with van der Waals surface area (Å²) in [6.45, 7) is 21.6. The number of para-hydroxylation sites is 1. The first-order valence-corrected chi connectivity index (χ1v) is 21.3. The van der Waals surface area contributed by atoms with Gasteiger partial charge < -0.3 is 14.1 Å². The number of hydrogen-bond acceptors (Lipinski definition) is 3. The van der Waals surface area contributed by atoms with Gasteiger partial charge in [0, 0.05) is 50.1 Å². The second-order valence-corrected chi connectivity index (χ2v) is 20.2. The Morgan fingerprint density at radius 1 is 0.614 bits per heavy atom. The number of hydrogen-bond donors (Lipinski definition) is 0. The number of rotatable bonds is 2. The lowest BCUT2D eigenvalue weighted by Gasteiger charge is -2.53. The fraction of sp³-hybridized carbons (Fsp3) is 0.321. The lowest BCUT2D eigenvalue weighted by atomic mass is 9.43. The summed E-state index contributed by atoms with van der Waals surface area (Å²) < 4.78 is 6.68. The van der Waals surface area contributed by atoms with Gasteiger partial charge in [-0.25, -0.2) is 0 Å². The lowest BCUT2D eigenvalue weighted by Crippen LogP contribution is -2.64. The molecule has 11 rings (SSSR count). The van der Waals surface area contributed by atoms with Gasteiger partial charge >= 0.3 is 6.85 Å². The van der Waals surface area contributed by atoms with Crippen LogP contribution in [0.25, 0.3) is 44.2 Å². The van der Waals surface area contributed by atoms with E-state index < -0.39 is 0 Å². The Kier molecular flexibility index (Phi) is 7.04. The molecule has 7 aromatic rings. The van der Waals surface area contributed by atoms with Gasteiger partial charge in [-0.3, -0.25) is 0 Å². The predicted molar refractivity (Wildman–Crippen MR) is 243 cm³/mol. The Morgan fingerprint density at radius 2 is 1.35 bits per heavy atom. The molecule has 57 heavy (non-hydrogen) atoms. The van der Waals surface area contributed by atoms with Crippen molar-refractivity contribution < 1.29 is 4.42 Å². The minimum Gasteiger partial charge on any atom is -0.456 e. The number of nitrogens with zero attached hydrogens (tertiary/aromatic N) is 2. The fourth-order valence-corrected chi connectivity index (χ4v) is 11.4. The molecule has 0 radical (unpaired) electrons. The standard InChI is InChI=1S/C53H53BN2O/c1-32-25-40-38-31-47-39(36-19-13-14-20-46(36)57-47)30-44(38)56(43-22-21-34(50(2,3)4)27-37(43)33-17-11-10-12-18-33)54-42-29-35(51(5,6)7)28-41-49(42)55(45(26-32)48(40)54)53(9)24-16-15-23-52(41,53)8/h10-14,17-22,25-31H,15-16,23-24H2,1-9H3. The summed E-state index contributed by atoms with van der Waals surface area (Å²) in [6, 6.07) is 42.0. The van der Waals surface area contributed by atoms with Gasteiger partial charge in [-0.15, -0.1) is 0 Å².